The summed E-state index contributed by atoms with van der Waals surface area (Å²) < 4.78 is 5.42. The van der Waals surface area contributed by atoms with Gasteiger partial charge in [0.15, 0.2) is 5.00 Å². The van der Waals surface area contributed by atoms with E-state index in [2.05, 4.69) is 47.8 Å². The SMILES string of the molecule is C#CCN(CC(C)C)c1sc(-c2cccnc2)nc1OC.CC.CCSC. The third-order valence-electron chi connectivity index (χ3n) is 3.12. The minimum Gasteiger partial charge on any atom is -0.479 e. The number of nitrogens with zero attached hydrogens (tertiary/aromatic N) is 3. The second kappa shape index (κ2) is 15.4. The molecule has 2 aromatic heterocycles. The summed E-state index contributed by atoms with van der Waals surface area (Å²) in [5.74, 6) is 5.07. The van der Waals surface area contributed by atoms with Gasteiger partial charge in [-0.05, 0) is 30.1 Å². The summed E-state index contributed by atoms with van der Waals surface area (Å²) in [5.41, 5.74) is 0.984. The van der Waals surface area contributed by atoms with E-state index in [0.29, 0.717) is 18.3 Å². The second-order valence-electron chi connectivity index (χ2n) is 5.63. The first-order valence-corrected chi connectivity index (χ1v) is 11.4. The number of terminal acetylenes is 1. The van der Waals surface area contributed by atoms with Crippen LogP contribution in [0.4, 0.5) is 5.00 Å². The fraction of sp³-hybridized carbons (Fsp3) is 0.524. The highest BCUT2D eigenvalue weighted by Gasteiger charge is 2.19. The zero-order valence-electron chi connectivity index (χ0n) is 17.7. The Balaban J connectivity index is 0.000000998. The van der Waals surface area contributed by atoms with Crippen molar-refractivity contribution in [2.24, 2.45) is 5.92 Å². The van der Waals surface area contributed by atoms with Crippen LogP contribution < -0.4 is 9.64 Å². The Morgan fingerprint density at radius 1 is 1.37 bits per heavy atom. The molecule has 2 rings (SSSR count). The summed E-state index contributed by atoms with van der Waals surface area (Å²) in [6.07, 6.45) is 11.1. The van der Waals surface area contributed by atoms with Gasteiger partial charge in [-0.3, -0.25) is 4.98 Å². The van der Waals surface area contributed by atoms with Gasteiger partial charge in [-0.1, -0.05) is 51.9 Å². The molecule has 2 heterocycles. The van der Waals surface area contributed by atoms with Crippen molar-refractivity contribution in [3.63, 3.8) is 0 Å². The normalized spacial score (nSPS) is 9.44. The number of thiazole rings is 1. The van der Waals surface area contributed by atoms with Crippen LogP contribution in [0.25, 0.3) is 10.6 Å². The minimum atomic E-state index is 0.506. The number of anilines is 1. The smallest absolute Gasteiger partial charge is 0.249 e. The zero-order valence-corrected chi connectivity index (χ0v) is 19.3. The van der Waals surface area contributed by atoms with Crippen molar-refractivity contribution in [1.29, 1.82) is 0 Å². The maximum Gasteiger partial charge on any atom is 0.249 e. The van der Waals surface area contributed by atoms with Crippen LogP contribution in [0.2, 0.25) is 0 Å². The van der Waals surface area contributed by atoms with Gasteiger partial charge in [0.25, 0.3) is 0 Å². The Bertz CT molecular complexity index is 649. The van der Waals surface area contributed by atoms with Crippen LogP contribution in [0.1, 0.15) is 34.6 Å². The Morgan fingerprint density at radius 3 is 2.48 bits per heavy atom. The molecule has 0 aromatic carbocycles. The van der Waals surface area contributed by atoms with E-state index in [1.807, 2.05) is 37.7 Å². The molecule has 0 spiro atoms. The van der Waals surface area contributed by atoms with Crippen LogP contribution in [0.5, 0.6) is 5.88 Å². The summed E-state index contributed by atoms with van der Waals surface area (Å²) in [6.45, 7) is 11.9. The highest BCUT2D eigenvalue weighted by atomic mass is 32.2. The van der Waals surface area contributed by atoms with Crippen LogP contribution in [0.3, 0.4) is 0 Å². The molecular formula is C21H33N3OS2. The lowest BCUT2D eigenvalue weighted by molar-refractivity contribution is 0.400. The first kappa shape index (κ1) is 25.3. The van der Waals surface area contributed by atoms with Crippen molar-refractivity contribution in [3.05, 3.63) is 24.5 Å². The van der Waals surface area contributed by atoms with Crippen LogP contribution in [0.15, 0.2) is 24.5 Å². The first-order valence-electron chi connectivity index (χ1n) is 9.19. The van der Waals surface area contributed by atoms with Crippen LogP contribution in [0, 0.1) is 18.3 Å². The van der Waals surface area contributed by atoms with Gasteiger partial charge >= 0.3 is 0 Å². The molecule has 27 heavy (non-hydrogen) atoms. The molecule has 0 amide bonds. The fourth-order valence-electron chi connectivity index (χ4n) is 2.01. The minimum absolute atomic E-state index is 0.506. The van der Waals surface area contributed by atoms with E-state index < -0.39 is 0 Å². The lowest BCUT2D eigenvalue weighted by Gasteiger charge is -2.22. The Labute approximate surface area is 173 Å². The molecule has 0 saturated heterocycles. The van der Waals surface area contributed by atoms with E-state index >= 15 is 0 Å². The summed E-state index contributed by atoms with van der Waals surface area (Å²) in [5, 5.41) is 1.86. The number of hydrogen-bond donors (Lipinski definition) is 0. The highest BCUT2D eigenvalue weighted by molar-refractivity contribution is 7.98. The molecule has 0 radical (unpaired) electrons. The predicted molar refractivity (Wildman–Crippen MR) is 123 cm³/mol. The van der Waals surface area contributed by atoms with Gasteiger partial charge in [0.05, 0.1) is 13.7 Å². The van der Waals surface area contributed by atoms with Crippen molar-refractivity contribution < 1.29 is 4.74 Å². The molecule has 0 atom stereocenters. The summed E-state index contributed by atoms with van der Waals surface area (Å²) in [7, 11) is 1.63. The highest BCUT2D eigenvalue weighted by Crippen LogP contribution is 2.39. The van der Waals surface area contributed by atoms with Gasteiger partial charge in [0, 0.05) is 24.5 Å². The number of rotatable bonds is 7. The molecule has 0 saturated carbocycles. The first-order chi connectivity index (χ1) is 13.1. The maximum absolute atomic E-state index is 5.49. The van der Waals surface area contributed by atoms with E-state index in [1.165, 1.54) is 5.75 Å². The van der Waals surface area contributed by atoms with Gasteiger partial charge in [0.1, 0.15) is 5.01 Å². The van der Waals surface area contributed by atoms with Gasteiger partial charge in [-0.25, -0.2) is 0 Å². The number of hydrogen-bond acceptors (Lipinski definition) is 6. The summed E-state index contributed by atoms with van der Waals surface area (Å²) in [4.78, 5) is 10.8. The van der Waals surface area contributed by atoms with Crippen LogP contribution in [-0.4, -0.2) is 42.2 Å². The van der Waals surface area contributed by atoms with Crippen molar-refractivity contribution >= 4 is 28.1 Å². The average Bonchev–Trinajstić information content (AvgIpc) is 3.14. The molecule has 150 valence electrons. The zero-order chi connectivity index (χ0) is 20.7. The van der Waals surface area contributed by atoms with E-state index in [4.69, 9.17) is 11.2 Å². The number of thioether (sulfide) groups is 1. The molecule has 0 N–H and O–H groups in total. The molecule has 2 aromatic rings. The Kier molecular flexibility index (Phi) is 14.4. The lowest BCUT2D eigenvalue weighted by atomic mass is 10.2. The van der Waals surface area contributed by atoms with Crippen molar-refractivity contribution in [3.8, 4) is 28.8 Å². The average molecular weight is 408 g/mol. The third kappa shape index (κ3) is 9.16. The Morgan fingerprint density at radius 2 is 2.04 bits per heavy atom. The van der Waals surface area contributed by atoms with Crippen LogP contribution >= 0.6 is 23.1 Å². The summed E-state index contributed by atoms with van der Waals surface area (Å²) >= 11 is 3.44. The lowest BCUT2D eigenvalue weighted by Crippen LogP contribution is -2.27. The number of aromatic nitrogens is 2. The van der Waals surface area contributed by atoms with E-state index in [-0.39, 0.29) is 0 Å². The van der Waals surface area contributed by atoms with Crippen molar-refractivity contribution in [2.45, 2.75) is 34.6 Å². The second-order valence-corrected chi connectivity index (χ2v) is 7.76. The standard InChI is InChI=1S/C16H19N3OS.C3H8S.C2H6/c1-5-9-19(11-12(2)3)16-14(20-4)18-15(21-16)13-7-6-8-17-10-13;1-3-4-2;1-2/h1,6-8,10,12H,9,11H2,2-4H3;3H2,1-2H3;1-2H3. The molecule has 0 aliphatic carbocycles. The molecule has 0 aliphatic rings. The Hall–Kier alpha value is -1.71. The molecule has 0 aliphatic heterocycles. The number of methoxy groups -OCH3 is 1. The molecule has 4 nitrogen and oxygen atoms in total. The number of ether oxygens (including phenoxy) is 1. The van der Waals surface area contributed by atoms with Crippen LogP contribution in [-0.2, 0) is 0 Å². The van der Waals surface area contributed by atoms with E-state index in [0.717, 1.165) is 22.1 Å². The maximum atomic E-state index is 5.49. The molecular weight excluding hydrogens is 374 g/mol. The van der Waals surface area contributed by atoms with Gasteiger partial charge in [0.2, 0.25) is 5.88 Å². The topological polar surface area (TPSA) is 38.2 Å². The number of pyridine rings is 1. The molecule has 0 unspecified atom stereocenters. The van der Waals surface area contributed by atoms with E-state index in [1.54, 1.807) is 30.8 Å². The predicted octanol–water partition coefficient (Wildman–Crippen LogP) is 5.70. The molecule has 0 fully saturated rings. The van der Waals surface area contributed by atoms with Crippen molar-refractivity contribution in [1.82, 2.24) is 9.97 Å². The monoisotopic (exact) mass is 407 g/mol. The summed E-state index contributed by atoms with van der Waals surface area (Å²) in [6, 6.07) is 3.89. The van der Waals surface area contributed by atoms with Gasteiger partial charge in [-0.2, -0.15) is 16.7 Å². The van der Waals surface area contributed by atoms with Gasteiger partial charge < -0.3 is 9.64 Å². The quantitative estimate of drug-likeness (QED) is 0.550. The van der Waals surface area contributed by atoms with Crippen molar-refractivity contribution in [2.75, 3.05) is 37.1 Å². The molecule has 6 heteroatoms. The fourth-order valence-corrected chi connectivity index (χ4v) is 3.05. The third-order valence-corrected chi connectivity index (χ3v) is 4.85. The van der Waals surface area contributed by atoms with Gasteiger partial charge in [-0.15, -0.1) is 6.42 Å². The van der Waals surface area contributed by atoms with E-state index in [9.17, 15) is 0 Å². The largest absolute Gasteiger partial charge is 0.479 e. The molecule has 0 bridgehead atoms.